The van der Waals surface area contributed by atoms with Crippen LogP contribution in [0.25, 0.3) is 0 Å². The summed E-state index contributed by atoms with van der Waals surface area (Å²) in [6.45, 7) is -0.370. The highest BCUT2D eigenvalue weighted by Crippen LogP contribution is 2.22. The standard InChI is InChI=1S/C10H11BrFN3O3/c11-5-2-7(13)4(1-6(5)12)10(18)15-3-8(16)9(14)17/h1-2,8,16H,3,13H2,(H2,14,17)(H,15,18). The molecule has 2 amide bonds. The van der Waals surface area contributed by atoms with Gasteiger partial charge in [-0.3, -0.25) is 9.59 Å². The molecule has 18 heavy (non-hydrogen) atoms. The maximum Gasteiger partial charge on any atom is 0.253 e. The van der Waals surface area contributed by atoms with Crippen LogP contribution >= 0.6 is 15.9 Å². The quantitative estimate of drug-likeness (QED) is 0.572. The van der Waals surface area contributed by atoms with Crippen LogP contribution in [-0.2, 0) is 4.79 Å². The molecule has 0 aliphatic carbocycles. The third-order valence-corrected chi connectivity index (χ3v) is 2.73. The molecule has 1 aromatic carbocycles. The zero-order chi connectivity index (χ0) is 13.9. The zero-order valence-electron chi connectivity index (χ0n) is 9.11. The predicted molar refractivity (Wildman–Crippen MR) is 66.0 cm³/mol. The maximum atomic E-state index is 13.2. The molecule has 6 N–H and O–H groups in total. The molecule has 8 heteroatoms. The molecule has 0 heterocycles. The lowest BCUT2D eigenvalue weighted by Gasteiger charge is -2.10. The first-order valence-electron chi connectivity index (χ1n) is 4.83. The Bertz CT molecular complexity index is 496. The topological polar surface area (TPSA) is 118 Å². The van der Waals surface area contributed by atoms with Crippen molar-refractivity contribution in [2.24, 2.45) is 5.73 Å². The third-order valence-electron chi connectivity index (χ3n) is 2.12. The first-order chi connectivity index (χ1) is 8.32. The lowest BCUT2D eigenvalue weighted by molar-refractivity contribution is -0.125. The largest absolute Gasteiger partial charge is 0.398 e. The van der Waals surface area contributed by atoms with Crippen LogP contribution in [-0.4, -0.2) is 29.6 Å². The highest BCUT2D eigenvalue weighted by molar-refractivity contribution is 9.10. The Morgan fingerprint density at radius 3 is 2.67 bits per heavy atom. The van der Waals surface area contributed by atoms with Crippen molar-refractivity contribution >= 4 is 33.4 Å². The van der Waals surface area contributed by atoms with Crippen LogP contribution in [0.3, 0.4) is 0 Å². The van der Waals surface area contributed by atoms with E-state index >= 15 is 0 Å². The molecule has 0 aromatic heterocycles. The Labute approximate surface area is 110 Å². The van der Waals surface area contributed by atoms with E-state index in [1.54, 1.807) is 0 Å². The van der Waals surface area contributed by atoms with Crippen molar-refractivity contribution in [2.75, 3.05) is 12.3 Å². The molecule has 0 aliphatic heterocycles. The summed E-state index contributed by atoms with van der Waals surface area (Å²) in [7, 11) is 0. The Morgan fingerprint density at radius 1 is 1.50 bits per heavy atom. The number of amides is 2. The number of nitrogen functional groups attached to an aromatic ring is 1. The molecular weight excluding hydrogens is 309 g/mol. The number of anilines is 1. The number of aliphatic hydroxyl groups is 1. The Balaban J connectivity index is 2.79. The summed E-state index contributed by atoms with van der Waals surface area (Å²) in [6.07, 6.45) is -1.50. The van der Waals surface area contributed by atoms with Gasteiger partial charge in [0.1, 0.15) is 11.9 Å². The van der Waals surface area contributed by atoms with E-state index in [9.17, 15) is 14.0 Å². The molecule has 6 nitrogen and oxygen atoms in total. The van der Waals surface area contributed by atoms with Crippen LogP contribution in [0, 0.1) is 5.82 Å². The van der Waals surface area contributed by atoms with Crippen molar-refractivity contribution in [3.63, 3.8) is 0 Å². The number of benzene rings is 1. The maximum absolute atomic E-state index is 13.2. The molecule has 0 saturated carbocycles. The van der Waals surface area contributed by atoms with Gasteiger partial charge in [-0.1, -0.05) is 0 Å². The Morgan fingerprint density at radius 2 is 2.11 bits per heavy atom. The van der Waals surface area contributed by atoms with Crippen LogP contribution < -0.4 is 16.8 Å². The number of carbonyl (C=O) groups is 2. The second-order valence-electron chi connectivity index (χ2n) is 3.48. The summed E-state index contributed by atoms with van der Waals surface area (Å²) in [6, 6.07) is 2.19. The molecule has 0 radical (unpaired) electrons. The van der Waals surface area contributed by atoms with E-state index in [0.717, 1.165) is 6.07 Å². The second-order valence-corrected chi connectivity index (χ2v) is 4.34. The van der Waals surface area contributed by atoms with E-state index in [1.807, 2.05) is 0 Å². The van der Waals surface area contributed by atoms with Crippen LogP contribution in [0.15, 0.2) is 16.6 Å². The van der Waals surface area contributed by atoms with E-state index < -0.39 is 23.7 Å². The molecule has 0 aliphatic rings. The number of rotatable bonds is 4. The van der Waals surface area contributed by atoms with Gasteiger partial charge in [-0.15, -0.1) is 0 Å². The minimum Gasteiger partial charge on any atom is -0.398 e. The summed E-state index contributed by atoms with van der Waals surface area (Å²) in [5, 5.41) is 11.3. The molecule has 1 atom stereocenters. The monoisotopic (exact) mass is 319 g/mol. The van der Waals surface area contributed by atoms with Crippen molar-refractivity contribution < 1.29 is 19.1 Å². The summed E-state index contributed by atoms with van der Waals surface area (Å²) in [5.74, 6) is -2.32. The first kappa shape index (κ1) is 14.4. The van der Waals surface area contributed by atoms with Crippen molar-refractivity contribution in [3.8, 4) is 0 Å². The van der Waals surface area contributed by atoms with Gasteiger partial charge in [0.25, 0.3) is 5.91 Å². The summed E-state index contributed by atoms with van der Waals surface area (Å²) in [4.78, 5) is 22.2. The normalized spacial score (nSPS) is 11.9. The van der Waals surface area contributed by atoms with Gasteiger partial charge in [-0.25, -0.2) is 4.39 Å². The molecule has 0 spiro atoms. The van der Waals surface area contributed by atoms with Gasteiger partial charge in [0.15, 0.2) is 0 Å². The SMILES string of the molecule is NC(=O)C(O)CNC(=O)c1cc(F)c(Br)cc1N. The molecule has 1 unspecified atom stereocenters. The van der Waals surface area contributed by atoms with E-state index in [4.69, 9.17) is 16.6 Å². The third kappa shape index (κ3) is 3.41. The van der Waals surface area contributed by atoms with E-state index in [1.165, 1.54) is 6.07 Å². The lowest BCUT2D eigenvalue weighted by Crippen LogP contribution is -2.40. The number of halogens is 2. The van der Waals surface area contributed by atoms with Crippen LogP contribution in [0.5, 0.6) is 0 Å². The van der Waals surface area contributed by atoms with Gasteiger partial charge in [-0.2, -0.15) is 0 Å². The molecule has 0 bridgehead atoms. The Hall–Kier alpha value is -1.67. The van der Waals surface area contributed by atoms with Crippen LogP contribution in [0.2, 0.25) is 0 Å². The van der Waals surface area contributed by atoms with E-state index in [0.29, 0.717) is 0 Å². The molecule has 1 aromatic rings. The summed E-state index contributed by atoms with van der Waals surface area (Å²) >= 11 is 2.92. The van der Waals surface area contributed by atoms with Gasteiger partial charge < -0.3 is 21.9 Å². The van der Waals surface area contributed by atoms with Gasteiger partial charge in [0.05, 0.1) is 16.6 Å². The smallest absolute Gasteiger partial charge is 0.253 e. The van der Waals surface area contributed by atoms with Crippen LogP contribution in [0.1, 0.15) is 10.4 Å². The number of aliphatic hydroxyl groups excluding tert-OH is 1. The highest BCUT2D eigenvalue weighted by atomic mass is 79.9. The molecule has 0 saturated heterocycles. The summed E-state index contributed by atoms with van der Waals surface area (Å²) in [5.41, 5.74) is 10.3. The summed E-state index contributed by atoms with van der Waals surface area (Å²) < 4.78 is 13.4. The average Bonchev–Trinajstić information content (AvgIpc) is 2.30. The van der Waals surface area contributed by atoms with Gasteiger partial charge in [0, 0.05) is 5.69 Å². The minimum atomic E-state index is -1.50. The number of hydrogen-bond acceptors (Lipinski definition) is 4. The fraction of sp³-hybridized carbons (Fsp3) is 0.200. The van der Waals surface area contributed by atoms with E-state index in [-0.39, 0.29) is 22.3 Å². The Kier molecular flexibility index (Phi) is 4.62. The number of nitrogens with one attached hydrogen (secondary N) is 1. The molecular formula is C10H11BrFN3O3. The number of primary amides is 1. The zero-order valence-corrected chi connectivity index (χ0v) is 10.7. The van der Waals surface area contributed by atoms with Gasteiger partial charge in [-0.05, 0) is 28.1 Å². The minimum absolute atomic E-state index is 0.0642. The first-order valence-corrected chi connectivity index (χ1v) is 5.62. The fourth-order valence-corrected chi connectivity index (χ4v) is 1.51. The lowest BCUT2D eigenvalue weighted by atomic mass is 10.1. The highest BCUT2D eigenvalue weighted by Gasteiger charge is 2.16. The fourth-order valence-electron chi connectivity index (χ4n) is 1.14. The molecule has 98 valence electrons. The predicted octanol–water partition coefficient (Wildman–Crippen LogP) is -0.254. The number of carbonyl (C=O) groups excluding carboxylic acids is 2. The second kappa shape index (κ2) is 5.78. The number of hydrogen-bond donors (Lipinski definition) is 4. The van der Waals surface area contributed by atoms with Crippen LogP contribution in [0.4, 0.5) is 10.1 Å². The van der Waals surface area contributed by atoms with Crippen molar-refractivity contribution in [1.29, 1.82) is 0 Å². The molecule has 0 fully saturated rings. The molecule has 1 rings (SSSR count). The van der Waals surface area contributed by atoms with Crippen molar-refractivity contribution in [2.45, 2.75) is 6.10 Å². The number of nitrogens with two attached hydrogens (primary N) is 2. The van der Waals surface area contributed by atoms with Gasteiger partial charge in [0.2, 0.25) is 5.91 Å². The van der Waals surface area contributed by atoms with Crippen molar-refractivity contribution in [3.05, 3.63) is 28.0 Å². The van der Waals surface area contributed by atoms with Crippen molar-refractivity contribution in [1.82, 2.24) is 5.32 Å². The van der Waals surface area contributed by atoms with E-state index in [2.05, 4.69) is 21.2 Å². The average molecular weight is 320 g/mol. The van der Waals surface area contributed by atoms with Gasteiger partial charge >= 0.3 is 0 Å².